The number of hydrogen-bond acceptors (Lipinski definition) is 8. The number of nitrogens with zero attached hydrogens (tertiary/aromatic N) is 4. The van der Waals surface area contributed by atoms with E-state index in [1.54, 1.807) is 6.92 Å². The van der Waals surface area contributed by atoms with Gasteiger partial charge in [-0.2, -0.15) is 0 Å². The molecule has 2 heterocycles. The van der Waals surface area contributed by atoms with Crippen LogP contribution in [0.2, 0.25) is 0 Å². The minimum absolute atomic E-state index is 0.0550. The zero-order valence-electron chi connectivity index (χ0n) is 16.4. The summed E-state index contributed by atoms with van der Waals surface area (Å²) in [7, 11) is -3.85. The highest BCUT2D eigenvalue weighted by atomic mass is 32.2. The van der Waals surface area contributed by atoms with Crippen molar-refractivity contribution in [3.63, 3.8) is 0 Å². The van der Waals surface area contributed by atoms with Crippen LogP contribution in [-0.2, 0) is 21.4 Å². The van der Waals surface area contributed by atoms with Crippen LogP contribution in [0.15, 0.2) is 57.3 Å². The lowest BCUT2D eigenvalue weighted by atomic mass is 10.1. The molecule has 1 amide bonds. The lowest BCUT2D eigenvalue weighted by molar-refractivity contribution is -0.385. The van der Waals surface area contributed by atoms with Crippen molar-refractivity contribution in [1.29, 1.82) is 0 Å². The number of thiazole rings is 1. The van der Waals surface area contributed by atoms with Crippen LogP contribution in [-0.4, -0.2) is 28.9 Å². The number of nitro benzene ring substituents is 1. The van der Waals surface area contributed by atoms with Gasteiger partial charge in [0.05, 0.1) is 26.4 Å². The van der Waals surface area contributed by atoms with Crippen molar-refractivity contribution in [3.8, 4) is 5.88 Å². The van der Waals surface area contributed by atoms with E-state index in [0.717, 1.165) is 11.3 Å². The van der Waals surface area contributed by atoms with Crippen molar-refractivity contribution >= 4 is 44.2 Å². The molecule has 0 bridgehead atoms. The van der Waals surface area contributed by atoms with E-state index in [1.165, 1.54) is 47.0 Å². The summed E-state index contributed by atoms with van der Waals surface area (Å²) in [4.78, 5) is 32.0. The molecule has 164 valence electrons. The number of primary sulfonamides is 1. The number of non-ortho nitro benzene ring substituents is 1. The molecule has 0 fully saturated rings. The van der Waals surface area contributed by atoms with Gasteiger partial charge in [0.2, 0.25) is 15.9 Å². The van der Waals surface area contributed by atoms with Gasteiger partial charge in [0.15, 0.2) is 4.80 Å². The predicted octanol–water partition coefficient (Wildman–Crippen LogP) is 0.422. The predicted molar refractivity (Wildman–Crippen MR) is 114 cm³/mol. The molecule has 0 saturated carbocycles. The second kappa shape index (κ2) is 7.78. The number of benzene rings is 2. The van der Waals surface area contributed by atoms with E-state index in [4.69, 9.17) is 5.14 Å². The first-order chi connectivity index (χ1) is 15.1. The summed E-state index contributed by atoms with van der Waals surface area (Å²) in [6, 6.07) is 9.41. The largest absolute Gasteiger partial charge is 0.493 e. The topological polar surface area (TPSA) is 170 Å². The molecule has 2 aromatic carbocycles. The molecule has 0 radical (unpaired) electrons. The van der Waals surface area contributed by atoms with Crippen LogP contribution in [0.5, 0.6) is 5.88 Å². The van der Waals surface area contributed by atoms with Crippen LogP contribution in [0.1, 0.15) is 11.8 Å². The average molecular weight is 473 g/mol. The zero-order chi connectivity index (χ0) is 23.2. The van der Waals surface area contributed by atoms with Crippen molar-refractivity contribution < 1.29 is 23.2 Å². The first-order valence-electron chi connectivity index (χ1n) is 9.12. The summed E-state index contributed by atoms with van der Waals surface area (Å²) in [6.45, 7) is 2.08. The van der Waals surface area contributed by atoms with Gasteiger partial charge in [0.1, 0.15) is 4.88 Å². The van der Waals surface area contributed by atoms with Crippen molar-refractivity contribution in [2.24, 2.45) is 15.1 Å². The van der Waals surface area contributed by atoms with E-state index in [9.17, 15) is 28.4 Å². The standard InChI is InChI=1S/C19H15N5O6S2/c1-2-23-18(26)16(15-13-9-11(24(27)28)5-8-14(13)22-17(15)25)31-19(23)21-10-3-6-12(7-4-10)32(20,29)30/h3-9,26H,2H2,1H3,(H2,20,29,30). The Morgan fingerprint density at radius 1 is 1.25 bits per heavy atom. The summed E-state index contributed by atoms with van der Waals surface area (Å²) >= 11 is 1.01. The fourth-order valence-electron chi connectivity index (χ4n) is 3.19. The molecule has 13 heteroatoms. The Morgan fingerprint density at radius 3 is 2.53 bits per heavy atom. The Balaban J connectivity index is 1.92. The molecule has 4 rings (SSSR count). The van der Waals surface area contributed by atoms with E-state index < -0.39 is 20.9 Å². The lowest BCUT2D eigenvalue weighted by Crippen LogP contribution is -2.23. The quantitative estimate of drug-likeness (QED) is 0.402. The van der Waals surface area contributed by atoms with E-state index >= 15 is 0 Å². The number of nitrogens with two attached hydrogens (primary N) is 1. The summed E-state index contributed by atoms with van der Waals surface area (Å²) in [5, 5.41) is 27.6. The third-order valence-electron chi connectivity index (χ3n) is 4.71. The minimum Gasteiger partial charge on any atom is -0.493 e. The molecule has 3 aromatic rings. The number of amides is 1. The number of aromatic hydroxyl groups is 1. The number of fused-ring (bicyclic) bond motifs is 1. The molecule has 0 unspecified atom stereocenters. The van der Waals surface area contributed by atoms with E-state index in [-0.39, 0.29) is 37.5 Å². The number of hydrogen-bond donors (Lipinski definition) is 2. The van der Waals surface area contributed by atoms with Gasteiger partial charge in [0.25, 0.3) is 11.6 Å². The highest BCUT2D eigenvalue weighted by Crippen LogP contribution is 2.29. The van der Waals surface area contributed by atoms with Gasteiger partial charge in [-0.3, -0.25) is 19.5 Å². The normalized spacial score (nSPS) is 13.9. The average Bonchev–Trinajstić information content (AvgIpc) is 3.21. The smallest absolute Gasteiger partial charge is 0.279 e. The van der Waals surface area contributed by atoms with Crippen molar-refractivity contribution in [3.05, 3.63) is 72.8 Å². The molecular formula is C19H15N5O6S2. The second-order valence-corrected chi connectivity index (χ2v) is 9.22. The Bertz CT molecular complexity index is 1580. The number of carbonyl (C=O) groups is 1. The van der Waals surface area contributed by atoms with Gasteiger partial charge in [-0.25, -0.2) is 23.5 Å². The molecule has 0 atom stereocenters. The van der Waals surface area contributed by atoms with Gasteiger partial charge in [0, 0.05) is 23.9 Å². The maximum absolute atomic E-state index is 12.6. The Hall–Kier alpha value is -3.68. The van der Waals surface area contributed by atoms with E-state index in [0.29, 0.717) is 17.0 Å². The maximum atomic E-state index is 12.6. The molecule has 1 aliphatic heterocycles. The number of carbonyl (C=O) groups excluding carboxylic acids is 1. The van der Waals surface area contributed by atoms with Gasteiger partial charge in [-0.15, -0.1) is 0 Å². The third kappa shape index (κ3) is 3.72. The number of rotatable bonds is 5. The Morgan fingerprint density at radius 2 is 1.94 bits per heavy atom. The van der Waals surface area contributed by atoms with Crippen LogP contribution in [0, 0.1) is 10.1 Å². The zero-order valence-corrected chi connectivity index (χ0v) is 18.1. The van der Waals surface area contributed by atoms with Crippen LogP contribution in [0.3, 0.4) is 0 Å². The molecule has 1 aromatic heterocycles. The van der Waals surface area contributed by atoms with Crippen LogP contribution in [0.4, 0.5) is 11.4 Å². The Labute approximate surface area is 184 Å². The molecule has 11 nitrogen and oxygen atoms in total. The monoisotopic (exact) mass is 473 g/mol. The Kier molecular flexibility index (Phi) is 5.24. The number of sulfonamides is 1. The second-order valence-electron chi connectivity index (χ2n) is 6.68. The highest BCUT2D eigenvalue weighted by molar-refractivity contribution is 7.89. The van der Waals surface area contributed by atoms with E-state index in [1.807, 2.05) is 0 Å². The van der Waals surface area contributed by atoms with Crippen molar-refractivity contribution in [2.75, 3.05) is 0 Å². The first kappa shape index (κ1) is 21.5. The molecular weight excluding hydrogens is 458 g/mol. The van der Waals surface area contributed by atoms with Gasteiger partial charge in [-0.05, 0) is 37.3 Å². The van der Waals surface area contributed by atoms with Gasteiger partial charge in [-0.1, -0.05) is 11.3 Å². The van der Waals surface area contributed by atoms with Crippen molar-refractivity contribution in [2.45, 2.75) is 18.4 Å². The van der Waals surface area contributed by atoms with Crippen LogP contribution >= 0.6 is 11.3 Å². The molecule has 1 aliphatic rings. The van der Waals surface area contributed by atoms with Crippen LogP contribution in [0.25, 0.3) is 5.57 Å². The van der Waals surface area contributed by atoms with Crippen molar-refractivity contribution in [1.82, 2.24) is 4.57 Å². The molecule has 0 saturated heterocycles. The number of nitro groups is 1. The molecule has 0 aliphatic carbocycles. The van der Waals surface area contributed by atoms with E-state index in [2.05, 4.69) is 9.98 Å². The maximum Gasteiger partial charge on any atom is 0.279 e. The lowest BCUT2D eigenvalue weighted by Gasteiger charge is -2.02. The summed E-state index contributed by atoms with van der Waals surface area (Å²) in [6.07, 6.45) is 0. The van der Waals surface area contributed by atoms with Crippen LogP contribution < -0.4 is 20.5 Å². The SMILES string of the molecule is CCn1c(O)c(C2=c3cc([N+](=O)[O-])ccc3=NC2=O)sc1=Nc1ccc(S(N)(=O)=O)cc1. The first-order valence-corrected chi connectivity index (χ1v) is 11.5. The molecule has 0 spiro atoms. The summed E-state index contributed by atoms with van der Waals surface area (Å²) < 4.78 is 24.3. The minimum atomic E-state index is -3.85. The third-order valence-corrected chi connectivity index (χ3v) is 6.73. The summed E-state index contributed by atoms with van der Waals surface area (Å²) in [5.74, 6) is -0.848. The van der Waals surface area contributed by atoms with Gasteiger partial charge >= 0.3 is 0 Å². The van der Waals surface area contributed by atoms with Gasteiger partial charge < -0.3 is 5.11 Å². The fraction of sp³-hybridized carbons (Fsp3) is 0.105. The highest BCUT2D eigenvalue weighted by Gasteiger charge is 2.26. The fourth-order valence-corrected chi connectivity index (χ4v) is 4.87. The molecule has 3 N–H and O–H groups in total. The molecule has 32 heavy (non-hydrogen) atoms. The summed E-state index contributed by atoms with van der Waals surface area (Å²) in [5.41, 5.74) is 0.251. The number of aromatic nitrogens is 1.